The van der Waals surface area contributed by atoms with Gasteiger partial charge in [0.1, 0.15) is 0 Å². The number of unbranched alkanes of at least 4 members (excludes halogenated alkanes) is 20. The van der Waals surface area contributed by atoms with Crippen LogP contribution in [0.15, 0.2) is 60.8 Å². The van der Waals surface area contributed by atoms with Gasteiger partial charge in [-0.1, -0.05) is 184 Å². The van der Waals surface area contributed by atoms with E-state index in [0.29, 0.717) is 6.42 Å². The molecule has 314 valence electrons. The molecule has 8 nitrogen and oxygen atoms in total. The van der Waals surface area contributed by atoms with Crippen LogP contribution in [0, 0.1) is 0 Å². The molecule has 0 spiro atoms. The predicted molar refractivity (Wildman–Crippen MR) is 230 cm³/mol. The van der Waals surface area contributed by atoms with Crippen LogP contribution in [0.25, 0.3) is 0 Å². The summed E-state index contributed by atoms with van der Waals surface area (Å²) < 4.78 is 22.1. The van der Waals surface area contributed by atoms with Crippen LogP contribution in [0.5, 0.6) is 0 Å². The lowest BCUT2D eigenvalue weighted by molar-refractivity contribution is -0.123. The summed E-state index contributed by atoms with van der Waals surface area (Å²) in [6, 6.07) is -0.870. The Morgan fingerprint density at radius 2 is 1.07 bits per heavy atom. The SMILES string of the molecule is CC/C=C\C/C=C\C/C=C\C/C=C\CCCCCCCCC(=O)NC(COP(=O)(O)OCCN)C(O)/C=C/CCCCCCCCCCCCCCCC. The van der Waals surface area contributed by atoms with Gasteiger partial charge < -0.3 is 21.1 Å². The monoisotopic (exact) mass is 779 g/mol. The van der Waals surface area contributed by atoms with Crippen LogP contribution in [0.4, 0.5) is 0 Å². The zero-order chi connectivity index (χ0) is 39.6. The van der Waals surface area contributed by atoms with E-state index in [1.54, 1.807) is 6.08 Å². The van der Waals surface area contributed by atoms with Crippen molar-refractivity contribution in [2.75, 3.05) is 19.8 Å². The van der Waals surface area contributed by atoms with Gasteiger partial charge in [0, 0.05) is 13.0 Å². The van der Waals surface area contributed by atoms with E-state index in [0.717, 1.165) is 77.0 Å². The fourth-order valence-electron chi connectivity index (χ4n) is 6.06. The van der Waals surface area contributed by atoms with Crippen molar-refractivity contribution in [3.05, 3.63) is 60.8 Å². The molecule has 0 aliphatic heterocycles. The van der Waals surface area contributed by atoms with E-state index in [1.807, 2.05) is 6.08 Å². The van der Waals surface area contributed by atoms with Gasteiger partial charge in [-0.3, -0.25) is 13.8 Å². The van der Waals surface area contributed by atoms with Crippen LogP contribution >= 0.6 is 7.82 Å². The van der Waals surface area contributed by atoms with E-state index < -0.39 is 20.0 Å². The third-order valence-corrected chi connectivity index (χ3v) is 10.3. The number of carbonyl (C=O) groups excluding carboxylic acids is 1. The van der Waals surface area contributed by atoms with Crippen molar-refractivity contribution in [3.63, 3.8) is 0 Å². The summed E-state index contributed by atoms with van der Waals surface area (Å²) in [6.45, 7) is 4.01. The zero-order valence-corrected chi connectivity index (χ0v) is 35.6. The maximum atomic E-state index is 12.8. The van der Waals surface area contributed by atoms with Crippen molar-refractivity contribution < 1.29 is 28.4 Å². The van der Waals surface area contributed by atoms with Gasteiger partial charge in [-0.25, -0.2) is 4.57 Å². The molecule has 0 aromatic carbocycles. The zero-order valence-electron chi connectivity index (χ0n) is 34.7. The van der Waals surface area contributed by atoms with Crippen molar-refractivity contribution in [2.24, 2.45) is 5.73 Å². The molecule has 0 aliphatic carbocycles. The summed E-state index contributed by atoms with van der Waals surface area (Å²) in [4.78, 5) is 22.7. The normalized spacial score (nSPS) is 14.7. The van der Waals surface area contributed by atoms with E-state index in [4.69, 9.17) is 14.8 Å². The number of nitrogens with one attached hydrogen (secondary N) is 1. The van der Waals surface area contributed by atoms with Gasteiger partial charge in [-0.05, 0) is 57.8 Å². The van der Waals surface area contributed by atoms with E-state index in [1.165, 1.54) is 89.9 Å². The summed E-state index contributed by atoms with van der Waals surface area (Å²) in [6.07, 6.45) is 51.2. The highest BCUT2D eigenvalue weighted by Crippen LogP contribution is 2.43. The fourth-order valence-corrected chi connectivity index (χ4v) is 6.82. The molecular weight excluding hydrogens is 695 g/mol. The third-order valence-electron chi connectivity index (χ3n) is 9.35. The summed E-state index contributed by atoms with van der Waals surface area (Å²) in [5, 5.41) is 13.7. The molecule has 1 amide bonds. The van der Waals surface area contributed by atoms with Crippen molar-refractivity contribution in [1.82, 2.24) is 5.32 Å². The van der Waals surface area contributed by atoms with Crippen molar-refractivity contribution in [3.8, 4) is 0 Å². The van der Waals surface area contributed by atoms with Gasteiger partial charge in [0.15, 0.2) is 0 Å². The van der Waals surface area contributed by atoms with Gasteiger partial charge in [0.25, 0.3) is 0 Å². The molecule has 0 saturated heterocycles. The first-order chi connectivity index (χ1) is 26.4. The Balaban J connectivity index is 4.26. The Bertz CT molecular complexity index is 1030. The molecule has 0 saturated carbocycles. The number of amides is 1. The molecular formula is C45H83N2O6P. The maximum absolute atomic E-state index is 12.8. The summed E-state index contributed by atoms with van der Waals surface area (Å²) >= 11 is 0. The number of phosphoric ester groups is 1. The molecule has 9 heteroatoms. The highest BCUT2D eigenvalue weighted by molar-refractivity contribution is 7.47. The van der Waals surface area contributed by atoms with E-state index in [9.17, 15) is 19.4 Å². The van der Waals surface area contributed by atoms with Crippen molar-refractivity contribution in [1.29, 1.82) is 0 Å². The van der Waals surface area contributed by atoms with Crippen LogP contribution < -0.4 is 11.1 Å². The van der Waals surface area contributed by atoms with Crippen molar-refractivity contribution >= 4 is 13.7 Å². The van der Waals surface area contributed by atoms with Gasteiger partial charge in [0.05, 0.1) is 25.4 Å². The molecule has 3 unspecified atom stereocenters. The molecule has 0 aromatic rings. The fraction of sp³-hybridized carbons (Fsp3) is 0.756. The number of hydrogen-bond acceptors (Lipinski definition) is 6. The Morgan fingerprint density at radius 1 is 0.630 bits per heavy atom. The van der Waals surface area contributed by atoms with E-state index in [2.05, 4.69) is 67.8 Å². The van der Waals surface area contributed by atoms with Gasteiger partial charge in [-0.15, -0.1) is 0 Å². The Labute approximate surface area is 332 Å². The minimum Gasteiger partial charge on any atom is -0.387 e. The lowest BCUT2D eigenvalue weighted by Gasteiger charge is -2.23. The Kier molecular flexibility index (Phi) is 39.5. The summed E-state index contributed by atoms with van der Waals surface area (Å²) in [5.74, 6) is -0.210. The van der Waals surface area contributed by atoms with Gasteiger partial charge >= 0.3 is 7.82 Å². The molecule has 0 bridgehead atoms. The topological polar surface area (TPSA) is 131 Å². The van der Waals surface area contributed by atoms with Crippen LogP contribution in [-0.4, -0.2) is 47.8 Å². The number of carbonyl (C=O) groups is 1. The first-order valence-electron chi connectivity index (χ1n) is 21.9. The second kappa shape index (κ2) is 40.9. The molecule has 0 aromatic heterocycles. The van der Waals surface area contributed by atoms with Crippen LogP contribution in [0.3, 0.4) is 0 Å². The summed E-state index contributed by atoms with van der Waals surface area (Å²) in [5.41, 5.74) is 5.37. The minimum atomic E-state index is -4.35. The smallest absolute Gasteiger partial charge is 0.387 e. The van der Waals surface area contributed by atoms with E-state index >= 15 is 0 Å². The number of aliphatic hydroxyl groups excluding tert-OH is 1. The van der Waals surface area contributed by atoms with Crippen LogP contribution in [0.2, 0.25) is 0 Å². The lowest BCUT2D eigenvalue weighted by Crippen LogP contribution is -2.45. The van der Waals surface area contributed by atoms with Crippen LogP contribution in [-0.2, 0) is 18.4 Å². The quantitative estimate of drug-likeness (QED) is 0.0277. The van der Waals surface area contributed by atoms with Gasteiger partial charge in [-0.2, -0.15) is 0 Å². The molecule has 0 fully saturated rings. The largest absolute Gasteiger partial charge is 0.472 e. The molecule has 0 radical (unpaired) electrons. The van der Waals surface area contributed by atoms with Crippen molar-refractivity contribution in [2.45, 2.75) is 199 Å². The number of allylic oxidation sites excluding steroid dienone is 9. The third kappa shape index (κ3) is 38.5. The lowest BCUT2D eigenvalue weighted by atomic mass is 10.0. The Hall–Kier alpha value is -1.80. The second-order valence-corrected chi connectivity index (χ2v) is 16.0. The highest BCUT2D eigenvalue weighted by atomic mass is 31.2. The number of rotatable bonds is 40. The average Bonchev–Trinajstić information content (AvgIpc) is 3.16. The number of phosphoric acid groups is 1. The number of hydrogen-bond donors (Lipinski definition) is 4. The standard InChI is InChI=1S/C45H83N2O6P/c1-3-5-7-9-11-13-15-17-19-21-22-23-25-27-29-31-33-35-37-39-45(49)47-43(42-53-54(50,51)52-41-40-46)44(48)38-36-34-32-30-28-26-24-20-18-16-14-12-10-8-6-4-2/h5,7,11,13,17,19,22-23,36,38,43-44,48H,3-4,6,8-10,12,14-16,18,20-21,24-35,37,39-42,46H2,1-2H3,(H,47,49)(H,50,51)/b7-5-,13-11-,19-17-,23-22-,38-36+. The molecule has 5 N–H and O–H groups in total. The molecule has 3 atom stereocenters. The Morgan fingerprint density at radius 3 is 1.57 bits per heavy atom. The molecule has 0 aliphatic rings. The predicted octanol–water partition coefficient (Wildman–Crippen LogP) is 12.3. The maximum Gasteiger partial charge on any atom is 0.472 e. The number of aliphatic hydroxyl groups is 1. The first kappa shape index (κ1) is 52.2. The van der Waals surface area contributed by atoms with Gasteiger partial charge in [0.2, 0.25) is 5.91 Å². The van der Waals surface area contributed by atoms with E-state index in [-0.39, 0.29) is 25.7 Å². The summed E-state index contributed by atoms with van der Waals surface area (Å²) in [7, 11) is -4.35. The average molecular weight is 779 g/mol. The highest BCUT2D eigenvalue weighted by Gasteiger charge is 2.26. The number of nitrogens with two attached hydrogens (primary N) is 1. The molecule has 0 heterocycles. The molecule has 54 heavy (non-hydrogen) atoms. The molecule has 0 rings (SSSR count). The second-order valence-electron chi connectivity index (χ2n) is 14.5. The minimum absolute atomic E-state index is 0.0734. The first-order valence-corrected chi connectivity index (χ1v) is 23.4. The van der Waals surface area contributed by atoms with Crippen LogP contribution in [0.1, 0.15) is 187 Å².